The van der Waals surface area contributed by atoms with Gasteiger partial charge in [0.25, 0.3) is 0 Å². The Hall–Kier alpha value is -0.440. The number of hydrogen-bond acceptors (Lipinski definition) is 2. The standard InChI is InChI=1S/C10H18O2S/c1-4-9(10(11)12)5-6-13-7-8(2)3/h5,8H,4,6-7H2,1-3H3,(H,11,12). The Bertz CT molecular complexity index is 185. The van der Waals surface area contributed by atoms with E-state index in [1.165, 1.54) is 0 Å². The number of carboxylic acids is 1. The lowest BCUT2D eigenvalue weighted by atomic mass is 10.2. The monoisotopic (exact) mass is 202 g/mol. The topological polar surface area (TPSA) is 37.3 Å². The molecule has 0 aromatic carbocycles. The van der Waals surface area contributed by atoms with Gasteiger partial charge in [-0.3, -0.25) is 0 Å². The van der Waals surface area contributed by atoms with E-state index >= 15 is 0 Å². The Balaban J connectivity index is 3.74. The van der Waals surface area contributed by atoms with Gasteiger partial charge in [-0.2, -0.15) is 11.8 Å². The summed E-state index contributed by atoms with van der Waals surface area (Å²) in [6.45, 7) is 6.19. The molecule has 0 aliphatic heterocycles. The highest BCUT2D eigenvalue weighted by atomic mass is 32.2. The van der Waals surface area contributed by atoms with E-state index in [0.717, 1.165) is 11.5 Å². The molecular formula is C10H18O2S. The maximum absolute atomic E-state index is 10.6. The molecule has 3 heteroatoms. The Kier molecular flexibility index (Phi) is 6.77. The maximum Gasteiger partial charge on any atom is 0.331 e. The minimum absolute atomic E-state index is 0.524. The van der Waals surface area contributed by atoms with Crippen LogP contribution in [0.15, 0.2) is 11.6 Å². The van der Waals surface area contributed by atoms with Gasteiger partial charge >= 0.3 is 5.97 Å². The predicted molar refractivity (Wildman–Crippen MR) is 58.2 cm³/mol. The first-order chi connectivity index (χ1) is 6.07. The van der Waals surface area contributed by atoms with E-state index < -0.39 is 5.97 Å². The lowest BCUT2D eigenvalue weighted by molar-refractivity contribution is -0.132. The lowest BCUT2D eigenvalue weighted by Gasteiger charge is -2.02. The molecular weight excluding hydrogens is 184 g/mol. The number of rotatable bonds is 6. The molecule has 1 N–H and O–H groups in total. The fourth-order valence-electron chi connectivity index (χ4n) is 0.846. The van der Waals surface area contributed by atoms with Crippen molar-refractivity contribution < 1.29 is 9.90 Å². The third-order valence-electron chi connectivity index (χ3n) is 1.55. The van der Waals surface area contributed by atoms with Crippen molar-refractivity contribution in [2.24, 2.45) is 5.92 Å². The van der Waals surface area contributed by atoms with Crippen LogP contribution in [0, 0.1) is 5.92 Å². The summed E-state index contributed by atoms with van der Waals surface area (Å²) in [6, 6.07) is 0. The first kappa shape index (κ1) is 12.6. The van der Waals surface area contributed by atoms with Crippen LogP contribution in [0.3, 0.4) is 0 Å². The summed E-state index contributed by atoms with van der Waals surface area (Å²) in [6.07, 6.45) is 2.42. The molecule has 0 saturated carbocycles. The van der Waals surface area contributed by atoms with Crippen LogP contribution in [0.4, 0.5) is 0 Å². The summed E-state index contributed by atoms with van der Waals surface area (Å²) in [5.74, 6) is 1.79. The van der Waals surface area contributed by atoms with Gasteiger partial charge in [0, 0.05) is 11.3 Å². The third kappa shape index (κ3) is 6.70. The predicted octanol–water partition coefficient (Wildman–Crippen LogP) is 2.80. The summed E-state index contributed by atoms with van der Waals surface area (Å²) in [7, 11) is 0. The quantitative estimate of drug-likeness (QED) is 0.531. The molecule has 0 bridgehead atoms. The Morgan fingerprint density at radius 1 is 1.54 bits per heavy atom. The van der Waals surface area contributed by atoms with Crippen LogP contribution < -0.4 is 0 Å². The number of carbonyl (C=O) groups is 1. The van der Waals surface area contributed by atoms with Crippen molar-refractivity contribution >= 4 is 17.7 Å². The van der Waals surface area contributed by atoms with Gasteiger partial charge in [0.15, 0.2) is 0 Å². The van der Waals surface area contributed by atoms with Gasteiger partial charge in [0.2, 0.25) is 0 Å². The summed E-state index contributed by atoms with van der Waals surface area (Å²) in [5.41, 5.74) is 0.524. The Labute approximate surface area is 84.4 Å². The second kappa shape index (κ2) is 7.01. The highest BCUT2D eigenvalue weighted by molar-refractivity contribution is 7.99. The number of hydrogen-bond donors (Lipinski definition) is 1. The molecule has 0 unspecified atom stereocenters. The van der Waals surface area contributed by atoms with Crippen molar-refractivity contribution in [2.45, 2.75) is 27.2 Å². The van der Waals surface area contributed by atoms with E-state index in [-0.39, 0.29) is 0 Å². The minimum atomic E-state index is -0.785. The molecule has 0 heterocycles. The fourth-order valence-corrected chi connectivity index (χ4v) is 1.77. The molecule has 0 saturated heterocycles. The summed E-state index contributed by atoms with van der Waals surface area (Å²) < 4.78 is 0. The smallest absolute Gasteiger partial charge is 0.331 e. The highest BCUT2D eigenvalue weighted by Gasteiger charge is 2.02. The molecule has 0 fully saturated rings. The lowest BCUT2D eigenvalue weighted by Crippen LogP contribution is -2.00. The molecule has 13 heavy (non-hydrogen) atoms. The van der Waals surface area contributed by atoms with E-state index in [2.05, 4.69) is 13.8 Å². The van der Waals surface area contributed by atoms with E-state index in [9.17, 15) is 4.79 Å². The first-order valence-corrected chi connectivity index (χ1v) is 5.73. The summed E-state index contributed by atoms with van der Waals surface area (Å²) >= 11 is 1.78. The van der Waals surface area contributed by atoms with Gasteiger partial charge in [0.1, 0.15) is 0 Å². The molecule has 0 atom stereocenters. The zero-order chi connectivity index (χ0) is 10.3. The van der Waals surface area contributed by atoms with Crippen molar-refractivity contribution in [3.05, 3.63) is 11.6 Å². The van der Waals surface area contributed by atoms with Crippen LogP contribution in [-0.2, 0) is 4.79 Å². The molecule has 0 radical (unpaired) electrons. The second-order valence-corrected chi connectivity index (χ2v) is 4.39. The minimum Gasteiger partial charge on any atom is -0.478 e. The Morgan fingerprint density at radius 3 is 2.54 bits per heavy atom. The molecule has 76 valence electrons. The number of thioether (sulfide) groups is 1. The summed E-state index contributed by atoms with van der Waals surface area (Å²) in [4.78, 5) is 10.6. The normalized spacial score (nSPS) is 12.2. The van der Waals surface area contributed by atoms with Gasteiger partial charge in [0.05, 0.1) is 0 Å². The van der Waals surface area contributed by atoms with Crippen molar-refractivity contribution in [2.75, 3.05) is 11.5 Å². The van der Waals surface area contributed by atoms with E-state index in [1.54, 1.807) is 11.8 Å². The maximum atomic E-state index is 10.6. The fraction of sp³-hybridized carbons (Fsp3) is 0.700. The van der Waals surface area contributed by atoms with Crippen molar-refractivity contribution in [1.29, 1.82) is 0 Å². The molecule has 0 spiro atoms. The molecule has 2 nitrogen and oxygen atoms in total. The first-order valence-electron chi connectivity index (χ1n) is 4.58. The van der Waals surface area contributed by atoms with Gasteiger partial charge in [-0.05, 0) is 18.1 Å². The average Bonchev–Trinajstić information content (AvgIpc) is 2.03. The van der Waals surface area contributed by atoms with Crippen LogP contribution in [0.2, 0.25) is 0 Å². The molecule has 0 aromatic heterocycles. The van der Waals surface area contributed by atoms with E-state index in [0.29, 0.717) is 17.9 Å². The summed E-state index contributed by atoms with van der Waals surface area (Å²) in [5, 5.41) is 8.70. The van der Waals surface area contributed by atoms with Crippen molar-refractivity contribution in [3.63, 3.8) is 0 Å². The largest absolute Gasteiger partial charge is 0.478 e. The van der Waals surface area contributed by atoms with Crippen LogP contribution in [0.1, 0.15) is 27.2 Å². The Morgan fingerprint density at radius 2 is 2.15 bits per heavy atom. The van der Waals surface area contributed by atoms with Gasteiger partial charge in [-0.15, -0.1) is 0 Å². The molecule has 0 aliphatic rings. The van der Waals surface area contributed by atoms with Crippen LogP contribution in [0.5, 0.6) is 0 Å². The van der Waals surface area contributed by atoms with Gasteiger partial charge in [-0.1, -0.05) is 26.8 Å². The number of carboxylic acid groups (broad SMARTS) is 1. The molecule has 0 amide bonds. The third-order valence-corrected chi connectivity index (χ3v) is 2.86. The van der Waals surface area contributed by atoms with Gasteiger partial charge < -0.3 is 5.11 Å². The van der Waals surface area contributed by atoms with Crippen molar-refractivity contribution in [3.8, 4) is 0 Å². The number of aliphatic carboxylic acids is 1. The SMILES string of the molecule is CCC(=CCSCC(C)C)C(=O)O. The van der Waals surface area contributed by atoms with Crippen LogP contribution in [0.25, 0.3) is 0 Å². The highest BCUT2D eigenvalue weighted by Crippen LogP contribution is 2.10. The zero-order valence-corrected chi connectivity index (χ0v) is 9.36. The average molecular weight is 202 g/mol. The zero-order valence-electron chi connectivity index (χ0n) is 8.54. The van der Waals surface area contributed by atoms with Crippen LogP contribution >= 0.6 is 11.8 Å². The van der Waals surface area contributed by atoms with E-state index in [1.807, 2.05) is 13.0 Å². The van der Waals surface area contributed by atoms with Crippen molar-refractivity contribution in [1.82, 2.24) is 0 Å². The van der Waals surface area contributed by atoms with E-state index in [4.69, 9.17) is 5.11 Å². The molecule has 0 aromatic rings. The molecule has 0 rings (SSSR count). The second-order valence-electron chi connectivity index (χ2n) is 3.32. The molecule has 0 aliphatic carbocycles. The van der Waals surface area contributed by atoms with Crippen LogP contribution in [-0.4, -0.2) is 22.6 Å². The van der Waals surface area contributed by atoms with Gasteiger partial charge in [-0.25, -0.2) is 4.79 Å².